The maximum absolute atomic E-state index is 5.60. The third-order valence-electron chi connectivity index (χ3n) is 2.16. The SMILES string of the molecule is CCOC(C)(C)CNCc1cccc(Br)n1. The molecule has 0 atom stereocenters. The molecule has 1 N–H and O–H groups in total. The van der Waals surface area contributed by atoms with Gasteiger partial charge in [-0.15, -0.1) is 0 Å². The molecule has 0 fully saturated rings. The second kappa shape index (κ2) is 6.33. The molecule has 0 radical (unpaired) electrons. The average molecular weight is 287 g/mol. The number of pyridine rings is 1. The maximum atomic E-state index is 5.60. The Morgan fingerprint density at radius 3 is 2.81 bits per heavy atom. The fourth-order valence-electron chi connectivity index (χ4n) is 1.48. The van der Waals surface area contributed by atoms with E-state index in [0.717, 1.165) is 30.0 Å². The lowest BCUT2D eigenvalue weighted by molar-refractivity contribution is -0.00901. The molecule has 0 unspecified atom stereocenters. The Bertz CT molecular complexity index is 329. The van der Waals surface area contributed by atoms with Crippen molar-refractivity contribution >= 4 is 15.9 Å². The maximum Gasteiger partial charge on any atom is 0.106 e. The summed E-state index contributed by atoms with van der Waals surface area (Å²) in [5.74, 6) is 0. The molecular formula is C12H19BrN2O. The van der Waals surface area contributed by atoms with Gasteiger partial charge in [0, 0.05) is 19.7 Å². The minimum Gasteiger partial charge on any atom is -0.375 e. The summed E-state index contributed by atoms with van der Waals surface area (Å²) in [4.78, 5) is 4.35. The molecule has 0 spiro atoms. The van der Waals surface area contributed by atoms with Crippen LogP contribution < -0.4 is 5.32 Å². The minimum absolute atomic E-state index is 0.124. The van der Waals surface area contributed by atoms with E-state index in [4.69, 9.17) is 4.74 Å². The molecule has 0 aliphatic heterocycles. The van der Waals surface area contributed by atoms with Gasteiger partial charge in [0.1, 0.15) is 4.60 Å². The second-order valence-corrected chi connectivity index (χ2v) is 5.06. The molecule has 0 aliphatic rings. The van der Waals surface area contributed by atoms with Gasteiger partial charge in [0.15, 0.2) is 0 Å². The van der Waals surface area contributed by atoms with Crippen LogP contribution in [0.5, 0.6) is 0 Å². The molecule has 1 aromatic heterocycles. The highest BCUT2D eigenvalue weighted by atomic mass is 79.9. The van der Waals surface area contributed by atoms with Gasteiger partial charge in [-0.05, 0) is 48.8 Å². The minimum atomic E-state index is -0.124. The Balaban J connectivity index is 2.35. The van der Waals surface area contributed by atoms with Crippen LogP contribution in [-0.2, 0) is 11.3 Å². The molecule has 16 heavy (non-hydrogen) atoms. The number of hydrogen-bond donors (Lipinski definition) is 1. The van der Waals surface area contributed by atoms with Crippen LogP contribution in [0.15, 0.2) is 22.8 Å². The van der Waals surface area contributed by atoms with Crippen LogP contribution >= 0.6 is 15.9 Å². The third-order valence-corrected chi connectivity index (χ3v) is 2.61. The molecule has 0 aromatic carbocycles. The number of aromatic nitrogens is 1. The van der Waals surface area contributed by atoms with Crippen molar-refractivity contribution in [1.82, 2.24) is 10.3 Å². The largest absolute Gasteiger partial charge is 0.375 e. The van der Waals surface area contributed by atoms with Crippen molar-refractivity contribution in [3.8, 4) is 0 Å². The first-order chi connectivity index (χ1) is 7.53. The summed E-state index contributed by atoms with van der Waals surface area (Å²) in [7, 11) is 0. The quantitative estimate of drug-likeness (QED) is 0.817. The highest BCUT2D eigenvalue weighted by Gasteiger charge is 2.16. The molecule has 0 amide bonds. The molecule has 1 aromatic rings. The highest BCUT2D eigenvalue weighted by Crippen LogP contribution is 2.08. The normalized spacial score (nSPS) is 11.8. The fourth-order valence-corrected chi connectivity index (χ4v) is 1.86. The predicted octanol–water partition coefficient (Wildman–Crippen LogP) is 2.75. The topological polar surface area (TPSA) is 34.1 Å². The summed E-state index contributed by atoms with van der Waals surface area (Å²) in [6.07, 6.45) is 0. The molecular weight excluding hydrogens is 268 g/mol. The van der Waals surface area contributed by atoms with E-state index in [1.54, 1.807) is 0 Å². The number of nitrogens with one attached hydrogen (secondary N) is 1. The van der Waals surface area contributed by atoms with E-state index >= 15 is 0 Å². The zero-order valence-corrected chi connectivity index (χ0v) is 11.7. The Morgan fingerprint density at radius 1 is 1.44 bits per heavy atom. The molecule has 0 saturated heterocycles. The highest BCUT2D eigenvalue weighted by molar-refractivity contribution is 9.10. The molecule has 1 rings (SSSR count). The molecule has 1 heterocycles. The summed E-state index contributed by atoms with van der Waals surface area (Å²) in [6, 6.07) is 5.92. The van der Waals surface area contributed by atoms with Crippen molar-refractivity contribution in [2.24, 2.45) is 0 Å². The number of ether oxygens (including phenoxy) is 1. The van der Waals surface area contributed by atoms with Gasteiger partial charge in [-0.2, -0.15) is 0 Å². The fraction of sp³-hybridized carbons (Fsp3) is 0.583. The summed E-state index contributed by atoms with van der Waals surface area (Å²) < 4.78 is 6.47. The lowest BCUT2D eigenvalue weighted by Gasteiger charge is -2.24. The lowest BCUT2D eigenvalue weighted by atomic mass is 10.1. The van der Waals surface area contributed by atoms with Crippen LogP contribution in [0.25, 0.3) is 0 Å². The predicted molar refractivity (Wildman–Crippen MR) is 69.3 cm³/mol. The van der Waals surface area contributed by atoms with Gasteiger partial charge >= 0.3 is 0 Å². The van der Waals surface area contributed by atoms with Crippen LogP contribution in [0, 0.1) is 0 Å². The Hall–Kier alpha value is -0.450. The molecule has 0 bridgehead atoms. The first kappa shape index (κ1) is 13.6. The first-order valence-corrected chi connectivity index (χ1v) is 6.29. The first-order valence-electron chi connectivity index (χ1n) is 5.49. The van der Waals surface area contributed by atoms with Crippen LogP contribution in [0.3, 0.4) is 0 Å². The van der Waals surface area contributed by atoms with Crippen LogP contribution in [0.2, 0.25) is 0 Å². The van der Waals surface area contributed by atoms with Crippen LogP contribution in [-0.4, -0.2) is 23.7 Å². The van der Waals surface area contributed by atoms with Gasteiger partial charge in [-0.3, -0.25) is 0 Å². The van der Waals surface area contributed by atoms with Crippen LogP contribution in [0.1, 0.15) is 26.5 Å². The van der Waals surface area contributed by atoms with E-state index in [9.17, 15) is 0 Å². The smallest absolute Gasteiger partial charge is 0.106 e. The van der Waals surface area contributed by atoms with Crippen molar-refractivity contribution < 1.29 is 4.74 Å². The standard InChI is InChI=1S/C12H19BrN2O/c1-4-16-12(2,3)9-14-8-10-6-5-7-11(13)15-10/h5-7,14H,4,8-9H2,1-3H3. The lowest BCUT2D eigenvalue weighted by Crippen LogP contribution is -2.37. The molecule has 0 saturated carbocycles. The van der Waals surface area contributed by atoms with Gasteiger partial charge in [-0.25, -0.2) is 4.98 Å². The number of hydrogen-bond acceptors (Lipinski definition) is 3. The molecule has 0 aliphatic carbocycles. The Morgan fingerprint density at radius 2 is 2.19 bits per heavy atom. The van der Waals surface area contributed by atoms with E-state index in [2.05, 4.69) is 40.1 Å². The van der Waals surface area contributed by atoms with E-state index in [1.807, 2.05) is 25.1 Å². The number of rotatable bonds is 6. The van der Waals surface area contributed by atoms with Gasteiger partial charge in [-0.1, -0.05) is 6.07 Å². The van der Waals surface area contributed by atoms with E-state index < -0.39 is 0 Å². The van der Waals surface area contributed by atoms with Crippen molar-refractivity contribution in [1.29, 1.82) is 0 Å². The third kappa shape index (κ3) is 5.05. The van der Waals surface area contributed by atoms with Crippen molar-refractivity contribution in [2.45, 2.75) is 32.9 Å². The molecule has 4 heteroatoms. The average Bonchev–Trinajstić information content (AvgIpc) is 2.17. The zero-order valence-electron chi connectivity index (χ0n) is 10.1. The zero-order chi connectivity index (χ0) is 12.0. The summed E-state index contributed by atoms with van der Waals surface area (Å²) in [6.45, 7) is 8.49. The van der Waals surface area contributed by atoms with Gasteiger partial charge in [0.25, 0.3) is 0 Å². The van der Waals surface area contributed by atoms with Crippen molar-refractivity contribution in [3.05, 3.63) is 28.5 Å². The van der Waals surface area contributed by atoms with Crippen molar-refractivity contribution in [2.75, 3.05) is 13.2 Å². The Kier molecular flexibility index (Phi) is 5.38. The second-order valence-electron chi connectivity index (χ2n) is 4.25. The summed E-state index contributed by atoms with van der Waals surface area (Å²) >= 11 is 3.35. The molecule has 90 valence electrons. The summed E-state index contributed by atoms with van der Waals surface area (Å²) in [5, 5.41) is 3.35. The van der Waals surface area contributed by atoms with E-state index in [0.29, 0.717) is 0 Å². The van der Waals surface area contributed by atoms with Gasteiger partial charge in [0.05, 0.1) is 11.3 Å². The monoisotopic (exact) mass is 286 g/mol. The Labute approximate surface area is 106 Å². The number of nitrogens with zero attached hydrogens (tertiary/aromatic N) is 1. The molecule has 3 nitrogen and oxygen atoms in total. The van der Waals surface area contributed by atoms with Crippen LogP contribution in [0.4, 0.5) is 0 Å². The van der Waals surface area contributed by atoms with Crippen molar-refractivity contribution in [3.63, 3.8) is 0 Å². The number of halogens is 1. The van der Waals surface area contributed by atoms with Gasteiger partial charge in [0.2, 0.25) is 0 Å². The van der Waals surface area contributed by atoms with E-state index in [-0.39, 0.29) is 5.60 Å². The van der Waals surface area contributed by atoms with Gasteiger partial charge < -0.3 is 10.1 Å². The summed E-state index contributed by atoms with van der Waals surface area (Å²) in [5.41, 5.74) is 0.905. The van der Waals surface area contributed by atoms with E-state index in [1.165, 1.54) is 0 Å².